The monoisotopic (exact) mass is 601 g/mol. The summed E-state index contributed by atoms with van der Waals surface area (Å²) in [5.41, 5.74) is 7.81. The van der Waals surface area contributed by atoms with Crippen molar-refractivity contribution in [3.05, 3.63) is 79.1 Å². The van der Waals surface area contributed by atoms with Gasteiger partial charge in [-0.1, -0.05) is 43.6 Å². The average molecular weight is 602 g/mol. The van der Waals surface area contributed by atoms with Crippen molar-refractivity contribution >= 4 is 23.0 Å². The minimum atomic E-state index is -0.912. The molecule has 5 N–H and O–H groups in total. The third kappa shape index (κ3) is 9.46. The number of aliphatic hydroxyl groups excluding tert-OH is 1. The third-order valence-electron chi connectivity index (χ3n) is 7.49. The number of benzene rings is 2. The Kier molecular flexibility index (Phi) is 13.1. The smallest absolute Gasteiger partial charge is 0.253 e. The molecule has 0 bridgehead atoms. The summed E-state index contributed by atoms with van der Waals surface area (Å²) >= 11 is 6.03. The van der Waals surface area contributed by atoms with Crippen LogP contribution >= 0.6 is 11.6 Å². The van der Waals surface area contributed by atoms with Crippen molar-refractivity contribution in [3.63, 3.8) is 0 Å². The predicted octanol–water partition coefficient (Wildman–Crippen LogP) is 4.02. The van der Waals surface area contributed by atoms with E-state index in [2.05, 4.69) is 24.5 Å². The normalized spacial score (nSPS) is 13.6. The van der Waals surface area contributed by atoms with E-state index in [0.717, 1.165) is 24.0 Å². The van der Waals surface area contributed by atoms with Gasteiger partial charge in [-0.3, -0.25) is 9.59 Å². The quantitative estimate of drug-likeness (QED) is 0.119. The van der Waals surface area contributed by atoms with E-state index in [1.165, 1.54) is 0 Å². The first kappa shape index (κ1) is 33.4. The van der Waals surface area contributed by atoms with Gasteiger partial charge in [0, 0.05) is 44.3 Å². The molecule has 3 aromatic carbocycles. The van der Waals surface area contributed by atoms with Crippen LogP contribution in [0.25, 0.3) is 0 Å². The lowest BCUT2D eigenvalue weighted by molar-refractivity contribution is 0.137. The van der Waals surface area contributed by atoms with Gasteiger partial charge >= 0.3 is 0 Å². The van der Waals surface area contributed by atoms with Gasteiger partial charge in [-0.2, -0.15) is 0 Å². The lowest BCUT2D eigenvalue weighted by atomic mass is 9.83. The van der Waals surface area contributed by atoms with Gasteiger partial charge in [0.2, 0.25) is 0 Å². The van der Waals surface area contributed by atoms with Gasteiger partial charge < -0.3 is 35.7 Å². The van der Waals surface area contributed by atoms with Crippen LogP contribution in [0.15, 0.2) is 52.1 Å². The van der Waals surface area contributed by atoms with Crippen LogP contribution in [-0.4, -0.2) is 57.8 Å². The van der Waals surface area contributed by atoms with Gasteiger partial charge in [-0.25, -0.2) is 0 Å². The van der Waals surface area contributed by atoms with Crippen LogP contribution in [0.4, 0.5) is 11.4 Å². The van der Waals surface area contributed by atoms with E-state index < -0.39 is 23.0 Å². The minimum absolute atomic E-state index is 0.0573. The zero-order valence-electron chi connectivity index (χ0n) is 25.0. The molecule has 3 atom stereocenters. The first-order valence-corrected chi connectivity index (χ1v) is 14.8. The summed E-state index contributed by atoms with van der Waals surface area (Å²) in [5.74, 6) is 1.87. The second-order valence-electron chi connectivity index (χ2n) is 11.0. The summed E-state index contributed by atoms with van der Waals surface area (Å²) in [7, 11) is 3.28. The summed E-state index contributed by atoms with van der Waals surface area (Å²) in [6.45, 7) is 5.94. The van der Waals surface area contributed by atoms with E-state index in [9.17, 15) is 14.7 Å². The highest BCUT2D eigenvalue weighted by atomic mass is 35.5. The fraction of sp³-hybridized carbons (Fsp3) is 0.500. The van der Waals surface area contributed by atoms with Crippen LogP contribution in [0.1, 0.15) is 37.8 Å². The van der Waals surface area contributed by atoms with Crippen molar-refractivity contribution < 1.29 is 19.3 Å². The van der Waals surface area contributed by atoms with Crippen molar-refractivity contribution in [1.82, 2.24) is 0 Å². The Bertz CT molecular complexity index is 1340. The molecule has 0 amide bonds. The molecule has 0 radical (unpaired) electrons. The second kappa shape index (κ2) is 16.5. The average Bonchev–Trinajstić information content (AvgIpc) is 2.97. The number of aliphatic hydroxyl groups is 1. The summed E-state index contributed by atoms with van der Waals surface area (Å²) in [6, 6.07) is 12.9. The lowest BCUT2D eigenvalue weighted by Crippen LogP contribution is -2.44. The first-order chi connectivity index (χ1) is 20.1. The van der Waals surface area contributed by atoms with E-state index in [4.69, 9.17) is 31.5 Å². The Morgan fingerprint density at radius 2 is 1.69 bits per heavy atom. The van der Waals surface area contributed by atoms with Crippen LogP contribution in [0.5, 0.6) is 11.5 Å². The summed E-state index contributed by atoms with van der Waals surface area (Å²) in [6.07, 6.45) is 1.83. The van der Waals surface area contributed by atoms with Gasteiger partial charge in [0.05, 0.1) is 19.8 Å². The number of hydrogen-bond acceptors (Lipinski definition) is 9. The molecule has 0 heterocycles. The maximum Gasteiger partial charge on any atom is 0.253 e. The maximum atomic E-state index is 12.2. The highest BCUT2D eigenvalue weighted by Gasteiger charge is 2.25. The fourth-order valence-electron chi connectivity index (χ4n) is 4.86. The molecule has 0 aromatic heterocycles. The van der Waals surface area contributed by atoms with Gasteiger partial charge in [-0.05, 0) is 66.5 Å². The van der Waals surface area contributed by atoms with Crippen molar-refractivity contribution in [2.24, 2.45) is 17.6 Å². The highest BCUT2D eigenvalue weighted by molar-refractivity contribution is 6.30. The van der Waals surface area contributed by atoms with E-state index in [-0.39, 0.29) is 23.8 Å². The van der Waals surface area contributed by atoms with Crippen LogP contribution in [-0.2, 0) is 17.6 Å². The molecular weight excluding hydrogens is 558 g/mol. The standard InChI is InChI=1S/C32H44ClN3O6/c1-20(2)23(15-22-9-10-27(41-4)28(17-22)42-14-6-13-40-3)18-25(34)26(37)19-36-30-29(31(38)32(30)39)35-12-11-21-7-5-8-24(33)16-21/h5,7-10,16-17,20,23,25-26,35-37H,6,11-15,18-19,34H2,1-4H3/t23-,25-,26-/m0/s1. The van der Waals surface area contributed by atoms with Crippen LogP contribution in [0.2, 0.25) is 5.02 Å². The molecule has 42 heavy (non-hydrogen) atoms. The van der Waals surface area contributed by atoms with Crippen molar-refractivity contribution in [1.29, 1.82) is 0 Å². The number of ether oxygens (including phenoxy) is 3. The number of halogens is 1. The Hall–Kier alpha value is -3.11. The number of nitrogens with one attached hydrogen (secondary N) is 2. The number of nitrogens with two attached hydrogens (primary N) is 1. The van der Waals surface area contributed by atoms with Gasteiger partial charge in [0.15, 0.2) is 11.5 Å². The molecule has 3 aromatic rings. The zero-order chi connectivity index (χ0) is 30.6. The molecule has 0 aliphatic rings. The Labute approximate surface area is 253 Å². The fourth-order valence-corrected chi connectivity index (χ4v) is 5.07. The number of anilines is 2. The molecule has 3 rings (SSSR count). The Morgan fingerprint density at radius 3 is 2.36 bits per heavy atom. The molecule has 0 unspecified atom stereocenters. The topological polar surface area (TPSA) is 132 Å². The largest absolute Gasteiger partial charge is 0.493 e. The first-order valence-electron chi connectivity index (χ1n) is 14.4. The lowest BCUT2D eigenvalue weighted by Gasteiger charge is -2.28. The molecule has 10 heteroatoms. The van der Waals surface area contributed by atoms with E-state index in [1.54, 1.807) is 20.3 Å². The molecule has 0 spiro atoms. The van der Waals surface area contributed by atoms with Crippen LogP contribution in [0, 0.1) is 11.8 Å². The predicted molar refractivity (Wildman–Crippen MR) is 169 cm³/mol. The summed E-state index contributed by atoms with van der Waals surface area (Å²) < 4.78 is 16.5. The maximum absolute atomic E-state index is 12.2. The second-order valence-corrected chi connectivity index (χ2v) is 11.4. The Balaban J connectivity index is 1.54. The Morgan fingerprint density at radius 1 is 0.952 bits per heavy atom. The van der Waals surface area contributed by atoms with Crippen molar-refractivity contribution in [2.45, 2.75) is 51.7 Å². The zero-order valence-corrected chi connectivity index (χ0v) is 25.7. The highest BCUT2D eigenvalue weighted by Crippen LogP contribution is 2.31. The van der Waals surface area contributed by atoms with E-state index in [1.807, 2.05) is 36.4 Å². The van der Waals surface area contributed by atoms with Gasteiger partial charge in [-0.15, -0.1) is 0 Å². The molecule has 0 aliphatic carbocycles. The molecule has 0 saturated carbocycles. The molecule has 0 aliphatic heterocycles. The van der Waals surface area contributed by atoms with Gasteiger partial charge in [0.25, 0.3) is 10.9 Å². The van der Waals surface area contributed by atoms with Crippen LogP contribution in [0.3, 0.4) is 0 Å². The number of hydrogen-bond donors (Lipinski definition) is 4. The number of rotatable bonds is 19. The third-order valence-corrected chi connectivity index (χ3v) is 7.73. The van der Waals surface area contributed by atoms with E-state index >= 15 is 0 Å². The summed E-state index contributed by atoms with van der Waals surface area (Å²) in [4.78, 5) is 24.4. The molecular formula is C32H44ClN3O6. The van der Waals surface area contributed by atoms with E-state index in [0.29, 0.717) is 55.0 Å². The van der Waals surface area contributed by atoms with Gasteiger partial charge in [0.1, 0.15) is 11.4 Å². The van der Waals surface area contributed by atoms with Crippen LogP contribution < -0.4 is 36.7 Å². The molecule has 0 fully saturated rings. The number of methoxy groups -OCH3 is 2. The molecule has 0 saturated heterocycles. The van der Waals surface area contributed by atoms with Crippen molar-refractivity contribution in [2.75, 3.05) is 51.2 Å². The SMILES string of the molecule is COCCCOc1cc(C[C@@H](C[C@H](N)[C@@H](O)CNc2c(NCCc3cccc(Cl)c3)c(=O)c2=O)C(C)C)ccc1OC. The molecule has 230 valence electrons. The van der Waals surface area contributed by atoms with Crippen molar-refractivity contribution in [3.8, 4) is 11.5 Å². The minimum Gasteiger partial charge on any atom is -0.493 e. The molecule has 9 nitrogen and oxygen atoms in total. The summed E-state index contributed by atoms with van der Waals surface area (Å²) in [5, 5.41) is 17.5.